The Morgan fingerprint density at radius 2 is 1.84 bits per heavy atom. The second-order valence-corrected chi connectivity index (χ2v) is 6.23. The Morgan fingerprint density at radius 1 is 1.00 bits per heavy atom. The molecule has 0 saturated heterocycles. The fraction of sp³-hybridized carbons (Fsp3) is 0.263. The molecule has 1 aliphatic rings. The highest BCUT2D eigenvalue weighted by Crippen LogP contribution is 2.22. The van der Waals surface area contributed by atoms with E-state index in [1.165, 1.54) is 12.8 Å². The molecule has 2 heterocycles. The number of carbonyl (C=O) groups is 1. The van der Waals surface area contributed by atoms with Gasteiger partial charge in [-0.1, -0.05) is 31.0 Å². The average molecular weight is 333 g/mol. The van der Waals surface area contributed by atoms with Crippen LogP contribution in [0.25, 0.3) is 10.9 Å². The molecular weight excluding hydrogens is 314 g/mol. The Hall–Kier alpha value is -3.02. The zero-order valence-electron chi connectivity index (χ0n) is 13.8. The van der Waals surface area contributed by atoms with E-state index in [9.17, 15) is 4.79 Å². The summed E-state index contributed by atoms with van der Waals surface area (Å²) >= 11 is 0. The van der Waals surface area contributed by atoms with Crippen LogP contribution in [0.5, 0.6) is 0 Å². The minimum absolute atomic E-state index is 0.268. The SMILES string of the molecule is O=C(Nc1cccc2cccnc12)c1ccnc(NC2CCCC2)n1. The molecule has 3 aromatic rings. The van der Waals surface area contributed by atoms with Crippen molar-refractivity contribution in [3.63, 3.8) is 0 Å². The molecular formula is C19H19N5O. The van der Waals surface area contributed by atoms with Crippen molar-refractivity contribution in [1.29, 1.82) is 0 Å². The summed E-state index contributed by atoms with van der Waals surface area (Å²) in [6.45, 7) is 0. The van der Waals surface area contributed by atoms with Gasteiger partial charge >= 0.3 is 0 Å². The predicted octanol–water partition coefficient (Wildman–Crippen LogP) is 3.63. The van der Waals surface area contributed by atoms with E-state index in [4.69, 9.17) is 0 Å². The second-order valence-electron chi connectivity index (χ2n) is 6.23. The number of fused-ring (bicyclic) bond motifs is 1. The normalized spacial score (nSPS) is 14.6. The van der Waals surface area contributed by atoms with E-state index >= 15 is 0 Å². The van der Waals surface area contributed by atoms with Crippen LogP contribution in [-0.2, 0) is 0 Å². The lowest BCUT2D eigenvalue weighted by atomic mass is 10.2. The average Bonchev–Trinajstić information content (AvgIpc) is 3.15. The summed E-state index contributed by atoms with van der Waals surface area (Å²) in [5.41, 5.74) is 1.77. The molecule has 0 aliphatic heterocycles. The van der Waals surface area contributed by atoms with Gasteiger partial charge in [-0.2, -0.15) is 0 Å². The zero-order chi connectivity index (χ0) is 17.1. The minimum Gasteiger partial charge on any atom is -0.351 e. The Balaban J connectivity index is 1.54. The molecule has 0 unspecified atom stereocenters. The van der Waals surface area contributed by atoms with Crippen LogP contribution >= 0.6 is 0 Å². The molecule has 0 atom stereocenters. The van der Waals surface area contributed by atoms with Crippen LogP contribution in [0.15, 0.2) is 48.8 Å². The van der Waals surface area contributed by atoms with Crippen molar-refractivity contribution < 1.29 is 4.79 Å². The van der Waals surface area contributed by atoms with Gasteiger partial charge in [-0.15, -0.1) is 0 Å². The summed E-state index contributed by atoms with van der Waals surface area (Å²) in [7, 11) is 0. The molecule has 0 radical (unpaired) electrons. The monoisotopic (exact) mass is 333 g/mol. The number of hydrogen-bond donors (Lipinski definition) is 2. The highest BCUT2D eigenvalue weighted by Gasteiger charge is 2.17. The van der Waals surface area contributed by atoms with Crippen molar-refractivity contribution >= 4 is 28.4 Å². The van der Waals surface area contributed by atoms with E-state index in [1.807, 2.05) is 30.3 Å². The molecule has 0 spiro atoms. The molecule has 6 nitrogen and oxygen atoms in total. The van der Waals surface area contributed by atoms with Crippen molar-refractivity contribution in [1.82, 2.24) is 15.0 Å². The summed E-state index contributed by atoms with van der Waals surface area (Å²) in [6, 6.07) is 11.6. The third-order valence-electron chi connectivity index (χ3n) is 4.46. The molecule has 2 aromatic heterocycles. The molecule has 6 heteroatoms. The number of hydrogen-bond acceptors (Lipinski definition) is 5. The van der Waals surface area contributed by atoms with Gasteiger partial charge in [0.2, 0.25) is 5.95 Å². The lowest BCUT2D eigenvalue weighted by molar-refractivity contribution is 0.102. The highest BCUT2D eigenvalue weighted by molar-refractivity contribution is 6.07. The fourth-order valence-electron chi connectivity index (χ4n) is 3.20. The number of rotatable bonds is 4. The Morgan fingerprint density at radius 3 is 2.72 bits per heavy atom. The van der Waals surface area contributed by atoms with Gasteiger partial charge in [0, 0.05) is 23.8 Å². The van der Waals surface area contributed by atoms with Gasteiger partial charge in [-0.25, -0.2) is 9.97 Å². The first-order chi connectivity index (χ1) is 12.3. The molecule has 25 heavy (non-hydrogen) atoms. The maximum atomic E-state index is 12.6. The van der Waals surface area contributed by atoms with E-state index in [0.29, 0.717) is 23.4 Å². The van der Waals surface area contributed by atoms with Crippen molar-refractivity contribution in [2.75, 3.05) is 10.6 Å². The number of carbonyl (C=O) groups excluding carboxylic acids is 1. The maximum Gasteiger partial charge on any atom is 0.274 e. The van der Waals surface area contributed by atoms with Gasteiger partial charge in [-0.05, 0) is 31.0 Å². The number of nitrogens with zero attached hydrogens (tertiary/aromatic N) is 3. The van der Waals surface area contributed by atoms with Crippen molar-refractivity contribution in [2.24, 2.45) is 0 Å². The smallest absolute Gasteiger partial charge is 0.274 e. The number of para-hydroxylation sites is 1. The second kappa shape index (κ2) is 6.84. The lowest BCUT2D eigenvalue weighted by Crippen LogP contribution is -2.19. The first-order valence-electron chi connectivity index (χ1n) is 8.54. The number of amides is 1. The van der Waals surface area contributed by atoms with E-state index in [-0.39, 0.29) is 5.91 Å². The van der Waals surface area contributed by atoms with E-state index < -0.39 is 0 Å². The lowest BCUT2D eigenvalue weighted by Gasteiger charge is -2.12. The van der Waals surface area contributed by atoms with Crippen LogP contribution in [0.4, 0.5) is 11.6 Å². The Kier molecular flexibility index (Phi) is 4.24. The van der Waals surface area contributed by atoms with Gasteiger partial charge in [0.05, 0.1) is 11.2 Å². The number of aromatic nitrogens is 3. The summed E-state index contributed by atoms with van der Waals surface area (Å²) in [4.78, 5) is 25.5. The summed E-state index contributed by atoms with van der Waals surface area (Å²) < 4.78 is 0. The standard InChI is InChI=1S/C19H19N5O/c25-18(23-15-9-3-5-13-6-4-11-20-17(13)15)16-10-12-21-19(24-16)22-14-7-1-2-8-14/h3-6,9-12,14H,1-2,7-8H2,(H,23,25)(H,21,22,24). The van der Waals surface area contributed by atoms with Crippen molar-refractivity contribution in [3.05, 3.63) is 54.5 Å². The number of pyridine rings is 1. The van der Waals surface area contributed by atoms with Gasteiger partial charge in [0.1, 0.15) is 5.69 Å². The largest absolute Gasteiger partial charge is 0.351 e. The molecule has 4 rings (SSSR count). The van der Waals surface area contributed by atoms with Crippen LogP contribution in [0.2, 0.25) is 0 Å². The van der Waals surface area contributed by atoms with E-state index in [1.54, 1.807) is 18.5 Å². The van der Waals surface area contributed by atoms with Gasteiger partial charge in [0.15, 0.2) is 0 Å². The zero-order valence-corrected chi connectivity index (χ0v) is 13.8. The van der Waals surface area contributed by atoms with Gasteiger partial charge in [-0.3, -0.25) is 9.78 Å². The first-order valence-corrected chi connectivity index (χ1v) is 8.54. The molecule has 0 bridgehead atoms. The summed E-state index contributed by atoms with van der Waals surface area (Å²) in [5, 5.41) is 7.20. The number of benzene rings is 1. The maximum absolute atomic E-state index is 12.6. The molecule has 1 amide bonds. The fourth-order valence-corrected chi connectivity index (χ4v) is 3.20. The molecule has 126 valence electrons. The first kappa shape index (κ1) is 15.5. The van der Waals surface area contributed by atoms with Crippen LogP contribution in [0, 0.1) is 0 Å². The molecule has 2 N–H and O–H groups in total. The van der Waals surface area contributed by atoms with Crippen molar-refractivity contribution in [3.8, 4) is 0 Å². The minimum atomic E-state index is -0.268. The van der Waals surface area contributed by atoms with Crippen LogP contribution in [-0.4, -0.2) is 26.9 Å². The molecule has 1 aromatic carbocycles. The third-order valence-corrected chi connectivity index (χ3v) is 4.46. The third kappa shape index (κ3) is 3.42. The Labute approximate surface area is 145 Å². The number of nitrogens with one attached hydrogen (secondary N) is 2. The van der Waals surface area contributed by atoms with E-state index in [2.05, 4.69) is 25.6 Å². The predicted molar refractivity (Wildman–Crippen MR) is 97.6 cm³/mol. The molecule has 1 saturated carbocycles. The van der Waals surface area contributed by atoms with Crippen LogP contribution in [0.3, 0.4) is 0 Å². The highest BCUT2D eigenvalue weighted by atomic mass is 16.1. The van der Waals surface area contributed by atoms with Gasteiger partial charge < -0.3 is 10.6 Å². The molecule has 1 fully saturated rings. The quantitative estimate of drug-likeness (QED) is 0.762. The molecule has 1 aliphatic carbocycles. The summed E-state index contributed by atoms with van der Waals surface area (Å²) in [5.74, 6) is 0.241. The van der Waals surface area contributed by atoms with Crippen LogP contribution < -0.4 is 10.6 Å². The van der Waals surface area contributed by atoms with E-state index in [0.717, 1.165) is 23.7 Å². The Bertz CT molecular complexity index is 900. The van der Waals surface area contributed by atoms with Crippen LogP contribution in [0.1, 0.15) is 36.2 Å². The summed E-state index contributed by atoms with van der Waals surface area (Å²) in [6.07, 6.45) is 8.04. The topological polar surface area (TPSA) is 79.8 Å². The number of anilines is 2. The van der Waals surface area contributed by atoms with Crippen molar-refractivity contribution in [2.45, 2.75) is 31.7 Å². The van der Waals surface area contributed by atoms with Gasteiger partial charge in [0.25, 0.3) is 5.91 Å².